The highest BCUT2D eigenvalue weighted by Gasteiger charge is 2.21. The molecule has 0 saturated heterocycles. The monoisotopic (exact) mass is 761 g/mol. The number of aliphatic imine (C=N–C) groups is 1. The Morgan fingerprint density at radius 1 is 0.644 bits per heavy atom. The van der Waals surface area contributed by atoms with Gasteiger partial charge in [-0.2, -0.15) is 0 Å². The van der Waals surface area contributed by atoms with Crippen LogP contribution in [0.1, 0.15) is 47.9 Å². The van der Waals surface area contributed by atoms with Gasteiger partial charge in [0.15, 0.2) is 0 Å². The van der Waals surface area contributed by atoms with Crippen molar-refractivity contribution >= 4 is 60.1 Å². The van der Waals surface area contributed by atoms with Crippen LogP contribution in [0.2, 0.25) is 0 Å². The fourth-order valence-electron chi connectivity index (χ4n) is 9.14. The smallest absolute Gasteiger partial charge is 0.0671 e. The minimum Gasteiger partial charge on any atom is -0.398 e. The Morgan fingerprint density at radius 2 is 1.32 bits per heavy atom. The molecule has 0 saturated carbocycles. The second-order valence-corrected chi connectivity index (χ2v) is 16.2. The predicted octanol–water partition coefficient (Wildman–Crippen LogP) is 13.4. The molecule has 8 aromatic carbocycles. The molecule has 10 rings (SSSR count). The lowest BCUT2D eigenvalue weighted by molar-refractivity contribution is 0.547. The normalized spacial score (nSPS) is 17.7. The van der Waals surface area contributed by atoms with Crippen molar-refractivity contribution in [3.8, 4) is 11.1 Å². The molecule has 0 aromatic heterocycles. The van der Waals surface area contributed by atoms with Crippen LogP contribution in [-0.2, 0) is 0 Å². The summed E-state index contributed by atoms with van der Waals surface area (Å²) in [5.41, 5.74) is 16.9. The Labute approximate surface area is 346 Å². The van der Waals surface area contributed by atoms with E-state index >= 15 is 0 Å². The van der Waals surface area contributed by atoms with Crippen molar-refractivity contribution in [1.82, 2.24) is 5.32 Å². The average Bonchev–Trinajstić information content (AvgIpc) is 3.31. The molecule has 1 heterocycles. The summed E-state index contributed by atoms with van der Waals surface area (Å²) in [4.78, 5) is 5.53. The van der Waals surface area contributed by atoms with Crippen molar-refractivity contribution in [2.45, 2.75) is 31.7 Å². The summed E-state index contributed by atoms with van der Waals surface area (Å²) in [7, 11) is 0. The second-order valence-electron chi connectivity index (χ2n) is 16.2. The molecule has 2 aliphatic rings. The van der Waals surface area contributed by atoms with E-state index in [9.17, 15) is 0 Å². The molecule has 8 aromatic rings. The summed E-state index contributed by atoms with van der Waals surface area (Å²) in [6.45, 7) is 3.20. The maximum absolute atomic E-state index is 6.98. The van der Waals surface area contributed by atoms with Crippen LogP contribution in [0.5, 0.6) is 0 Å². The summed E-state index contributed by atoms with van der Waals surface area (Å²) < 4.78 is 0. The number of nitrogens with zero attached hydrogens (tertiary/aromatic N) is 1. The highest BCUT2D eigenvalue weighted by molar-refractivity contribution is 6.25. The summed E-state index contributed by atoms with van der Waals surface area (Å²) in [5, 5.41) is 13.6. The molecule has 3 nitrogen and oxygen atoms in total. The molecule has 0 bridgehead atoms. The van der Waals surface area contributed by atoms with Gasteiger partial charge >= 0.3 is 0 Å². The van der Waals surface area contributed by atoms with Gasteiger partial charge in [0.25, 0.3) is 0 Å². The van der Waals surface area contributed by atoms with Crippen LogP contribution in [0.4, 0.5) is 0 Å². The Kier molecular flexibility index (Phi) is 9.72. The third kappa shape index (κ3) is 7.26. The third-order valence-corrected chi connectivity index (χ3v) is 12.5. The Balaban J connectivity index is 0.990. The Morgan fingerprint density at radius 3 is 2.07 bits per heavy atom. The molecule has 0 radical (unpaired) electrons. The van der Waals surface area contributed by atoms with E-state index in [0.29, 0.717) is 11.6 Å². The van der Waals surface area contributed by atoms with Crippen LogP contribution in [0.3, 0.4) is 0 Å². The quantitative estimate of drug-likeness (QED) is 0.120. The number of rotatable bonds is 8. The lowest BCUT2D eigenvalue weighted by atomic mass is 9.84. The molecule has 0 amide bonds. The van der Waals surface area contributed by atoms with Crippen LogP contribution >= 0.6 is 0 Å². The lowest BCUT2D eigenvalue weighted by Gasteiger charge is -2.24. The van der Waals surface area contributed by atoms with Gasteiger partial charge in [0.05, 0.1) is 11.8 Å². The fraction of sp³-hybridized carbons (Fsp3) is 0.125. The van der Waals surface area contributed by atoms with Crippen molar-refractivity contribution in [3.63, 3.8) is 0 Å². The Bertz CT molecular complexity index is 3000. The first-order chi connectivity index (χ1) is 29.1. The van der Waals surface area contributed by atoms with Gasteiger partial charge < -0.3 is 11.1 Å². The molecule has 286 valence electrons. The van der Waals surface area contributed by atoms with Gasteiger partial charge in [-0.1, -0.05) is 164 Å². The van der Waals surface area contributed by atoms with Gasteiger partial charge in [0, 0.05) is 29.6 Å². The fourth-order valence-corrected chi connectivity index (χ4v) is 9.14. The molecule has 3 N–H and O–H groups in total. The zero-order valence-corrected chi connectivity index (χ0v) is 33.4. The van der Waals surface area contributed by atoms with Gasteiger partial charge in [-0.15, -0.1) is 0 Å². The Hall–Kier alpha value is -6.97. The summed E-state index contributed by atoms with van der Waals surface area (Å²) in [5.74, 6) is 0.677. The first-order valence-corrected chi connectivity index (χ1v) is 20.9. The zero-order chi connectivity index (χ0) is 39.7. The van der Waals surface area contributed by atoms with Crippen molar-refractivity contribution in [2.24, 2.45) is 16.6 Å². The molecule has 3 unspecified atom stereocenters. The van der Waals surface area contributed by atoms with Crippen LogP contribution in [0.15, 0.2) is 199 Å². The first-order valence-electron chi connectivity index (χ1n) is 20.9. The summed E-state index contributed by atoms with van der Waals surface area (Å²) >= 11 is 0. The molecule has 59 heavy (non-hydrogen) atoms. The molecule has 3 heteroatoms. The summed E-state index contributed by atoms with van der Waals surface area (Å²) in [6.07, 6.45) is 15.1. The molecule has 1 aliphatic heterocycles. The molecular formula is C56H47N3. The number of fused-ring (bicyclic) bond motifs is 7. The van der Waals surface area contributed by atoms with Gasteiger partial charge in [-0.25, -0.2) is 0 Å². The predicted molar refractivity (Wildman–Crippen MR) is 253 cm³/mol. The average molecular weight is 762 g/mol. The highest BCUT2D eigenvalue weighted by Crippen LogP contribution is 2.38. The SMILES string of the molecule is CC(N=C(/C=C(\N)c1ccc(C2CC=CNC2)cc1)c1cccc(-c2ccc3ccccc3c2)c1)C1C=CC=C(c2ccc3c4ccccc4c4ccccc4c3c2)C1. The van der Waals surface area contributed by atoms with Crippen molar-refractivity contribution in [2.75, 3.05) is 6.54 Å². The van der Waals surface area contributed by atoms with E-state index in [2.05, 4.69) is 207 Å². The van der Waals surface area contributed by atoms with Crippen LogP contribution in [0, 0.1) is 5.92 Å². The van der Waals surface area contributed by atoms with E-state index in [4.69, 9.17) is 10.7 Å². The second kappa shape index (κ2) is 15.8. The number of nitrogens with two attached hydrogens (primary N) is 1. The van der Waals surface area contributed by atoms with Crippen molar-refractivity contribution in [1.29, 1.82) is 0 Å². The van der Waals surface area contributed by atoms with Gasteiger partial charge in [-0.05, 0) is 127 Å². The number of allylic oxidation sites excluding steroid dienone is 5. The topological polar surface area (TPSA) is 50.4 Å². The molecule has 1 aliphatic carbocycles. The third-order valence-electron chi connectivity index (χ3n) is 12.5. The van der Waals surface area contributed by atoms with Crippen LogP contribution in [-0.4, -0.2) is 18.3 Å². The van der Waals surface area contributed by atoms with Crippen molar-refractivity contribution < 1.29 is 0 Å². The van der Waals surface area contributed by atoms with Crippen molar-refractivity contribution in [3.05, 3.63) is 217 Å². The lowest BCUT2D eigenvalue weighted by Crippen LogP contribution is -2.19. The van der Waals surface area contributed by atoms with Crippen LogP contribution in [0.25, 0.3) is 65.5 Å². The number of benzene rings is 8. The standard InChI is InChI=1S/C56H47N3/c1-37(41-13-8-14-43(31-41)46-28-29-53-51-20-5-4-18-49(51)50-19-6-7-21-52(50)54(53)34-46)59-56(35-55(57)40-25-22-39(23-26-40)48-17-10-30-58-36-48)47-16-9-15-44(33-47)45-27-24-38-11-2-3-12-42(38)32-45/h2-16,18-30,32-35,37,41,48,58H,17,31,36,57H2,1H3/b55-35-,59-56?. The maximum atomic E-state index is 6.98. The first kappa shape index (κ1) is 36.4. The van der Waals surface area contributed by atoms with Crippen LogP contribution < -0.4 is 11.1 Å². The van der Waals surface area contributed by atoms with E-state index in [-0.39, 0.29) is 12.0 Å². The van der Waals surface area contributed by atoms with Gasteiger partial charge in [0.1, 0.15) is 0 Å². The molecule has 0 fully saturated rings. The zero-order valence-electron chi connectivity index (χ0n) is 33.4. The minimum atomic E-state index is -0.00205. The van der Waals surface area contributed by atoms with E-state index in [1.165, 1.54) is 65.4 Å². The molecule has 3 atom stereocenters. The summed E-state index contributed by atoms with van der Waals surface area (Å²) in [6, 6.07) is 57.3. The number of hydrogen-bond donors (Lipinski definition) is 2. The van der Waals surface area contributed by atoms with Gasteiger partial charge in [-0.3, -0.25) is 4.99 Å². The maximum Gasteiger partial charge on any atom is 0.0671 e. The number of hydrogen-bond acceptors (Lipinski definition) is 3. The van der Waals surface area contributed by atoms with E-state index < -0.39 is 0 Å². The van der Waals surface area contributed by atoms with E-state index in [0.717, 1.165) is 41.8 Å². The van der Waals surface area contributed by atoms with Gasteiger partial charge in [0.2, 0.25) is 0 Å². The van der Waals surface area contributed by atoms with E-state index in [1.807, 2.05) is 0 Å². The highest BCUT2D eigenvalue weighted by atomic mass is 14.8. The molecule has 0 spiro atoms. The number of nitrogens with one attached hydrogen (secondary N) is 1. The largest absolute Gasteiger partial charge is 0.398 e. The minimum absolute atomic E-state index is 0.00205. The molecular weight excluding hydrogens is 715 g/mol. The van der Waals surface area contributed by atoms with E-state index in [1.54, 1.807) is 0 Å².